The van der Waals surface area contributed by atoms with E-state index in [1.165, 1.54) is 5.57 Å². The van der Waals surface area contributed by atoms with Gasteiger partial charge in [-0.3, -0.25) is 4.79 Å². The number of hydrogen-bond donors (Lipinski definition) is 0. The summed E-state index contributed by atoms with van der Waals surface area (Å²) in [5.74, 6) is 0.211. The van der Waals surface area contributed by atoms with Gasteiger partial charge < -0.3 is 14.2 Å². The lowest BCUT2D eigenvalue weighted by molar-refractivity contribution is -0.148. The lowest BCUT2D eigenvalue weighted by atomic mass is 9.66. The highest BCUT2D eigenvalue weighted by Crippen LogP contribution is 2.59. The van der Waals surface area contributed by atoms with Crippen molar-refractivity contribution in [1.82, 2.24) is 0 Å². The van der Waals surface area contributed by atoms with Gasteiger partial charge in [0.25, 0.3) is 0 Å². The van der Waals surface area contributed by atoms with Crippen LogP contribution in [0.1, 0.15) is 40.5 Å². The molecule has 0 amide bonds. The first-order chi connectivity index (χ1) is 9.84. The van der Waals surface area contributed by atoms with E-state index in [4.69, 9.17) is 14.2 Å². The van der Waals surface area contributed by atoms with Crippen molar-refractivity contribution in [3.63, 3.8) is 0 Å². The third-order valence-electron chi connectivity index (χ3n) is 5.39. The average Bonchev–Trinajstić information content (AvgIpc) is 3.31. The van der Waals surface area contributed by atoms with Crippen LogP contribution in [-0.4, -0.2) is 42.9 Å². The van der Waals surface area contributed by atoms with Gasteiger partial charge in [-0.05, 0) is 33.6 Å². The molecule has 6 atom stereocenters. The van der Waals surface area contributed by atoms with E-state index in [1.54, 1.807) is 7.11 Å². The number of allylic oxidation sites excluding steroid dienone is 1. The highest BCUT2D eigenvalue weighted by Gasteiger charge is 2.72. The maximum atomic E-state index is 12.5. The van der Waals surface area contributed by atoms with E-state index in [1.807, 2.05) is 6.92 Å². The molecule has 0 bridgehead atoms. The Balaban J connectivity index is 1.82. The van der Waals surface area contributed by atoms with Gasteiger partial charge in [-0.1, -0.05) is 18.6 Å². The number of epoxide rings is 2. The van der Waals surface area contributed by atoms with E-state index in [0.717, 1.165) is 19.4 Å². The number of carbonyl (C=O) groups is 1. The highest BCUT2D eigenvalue weighted by molar-refractivity contribution is 5.87. The average molecular weight is 294 g/mol. The Kier molecular flexibility index (Phi) is 3.55. The summed E-state index contributed by atoms with van der Waals surface area (Å²) in [4.78, 5) is 12.5. The summed E-state index contributed by atoms with van der Waals surface area (Å²) in [5, 5.41) is 0. The molecule has 2 heterocycles. The van der Waals surface area contributed by atoms with Gasteiger partial charge in [0.2, 0.25) is 0 Å². The molecule has 0 radical (unpaired) electrons. The number of Topliss-reactive ketones (excluding diaryl/α,β-unsaturated/α-hetero) is 1. The van der Waals surface area contributed by atoms with Gasteiger partial charge in [-0.25, -0.2) is 0 Å². The first kappa shape index (κ1) is 15.2. The van der Waals surface area contributed by atoms with Crippen LogP contribution in [0.2, 0.25) is 0 Å². The molecule has 1 spiro atoms. The zero-order valence-corrected chi connectivity index (χ0v) is 13.6. The second-order valence-electron chi connectivity index (χ2n) is 7.30. The summed E-state index contributed by atoms with van der Waals surface area (Å²) in [6, 6.07) is 0. The summed E-state index contributed by atoms with van der Waals surface area (Å²) in [6.07, 6.45) is 3.65. The van der Waals surface area contributed by atoms with Crippen LogP contribution in [0.25, 0.3) is 0 Å². The Morgan fingerprint density at radius 2 is 2.14 bits per heavy atom. The van der Waals surface area contributed by atoms with Crippen LogP contribution in [0.5, 0.6) is 0 Å². The van der Waals surface area contributed by atoms with Gasteiger partial charge in [0.1, 0.15) is 17.3 Å². The van der Waals surface area contributed by atoms with Gasteiger partial charge >= 0.3 is 0 Å². The molecule has 1 saturated carbocycles. The maximum absolute atomic E-state index is 12.5. The van der Waals surface area contributed by atoms with Gasteiger partial charge in [-0.15, -0.1) is 0 Å². The molecule has 2 saturated heterocycles. The minimum Gasteiger partial charge on any atom is -0.373 e. The number of ether oxygens (including phenoxy) is 3. The first-order valence-electron chi connectivity index (χ1n) is 7.86. The van der Waals surface area contributed by atoms with Crippen LogP contribution < -0.4 is 0 Å². The van der Waals surface area contributed by atoms with Crippen molar-refractivity contribution >= 4 is 5.78 Å². The highest BCUT2D eigenvalue weighted by atomic mass is 16.6. The summed E-state index contributed by atoms with van der Waals surface area (Å²) in [6.45, 7) is 9.00. The van der Waals surface area contributed by atoms with Crippen molar-refractivity contribution in [2.45, 2.75) is 63.9 Å². The van der Waals surface area contributed by atoms with E-state index >= 15 is 0 Å². The van der Waals surface area contributed by atoms with E-state index in [0.29, 0.717) is 0 Å². The lowest BCUT2D eigenvalue weighted by Gasteiger charge is -2.40. The number of ketones is 1. The second kappa shape index (κ2) is 4.90. The quantitative estimate of drug-likeness (QED) is 0.590. The summed E-state index contributed by atoms with van der Waals surface area (Å²) in [7, 11) is 1.63. The Morgan fingerprint density at radius 3 is 2.67 bits per heavy atom. The maximum Gasteiger partial charge on any atom is 0.164 e. The molecule has 21 heavy (non-hydrogen) atoms. The zero-order valence-electron chi connectivity index (χ0n) is 13.6. The molecule has 0 N–H and O–H groups in total. The fourth-order valence-electron chi connectivity index (χ4n) is 4.10. The van der Waals surface area contributed by atoms with E-state index in [-0.39, 0.29) is 34.9 Å². The third-order valence-corrected chi connectivity index (χ3v) is 5.39. The molecule has 0 aromatic carbocycles. The molecule has 4 heteroatoms. The first-order valence-corrected chi connectivity index (χ1v) is 7.86. The summed E-state index contributed by atoms with van der Waals surface area (Å²) >= 11 is 0. The zero-order chi connectivity index (χ0) is 15.4. The number of methoxy groups -OCH3 is 1. The van der Waals surface area contributed by atoms with Gasteiger partial charge in [0, 0.05) is 13.0 Å². The molecule has 0 aromatic rings. The van der Waals surface area contributed by atoms with Crippen LogP contribution >= 0.6 is 0 Å². The van der Waals surface area contributed by atoms with Gasteiger partial charge in [-0.2, -0.15) is 0 Å². The Morgan fingerprint density at radius 1 is 1.48 bits per heavy atom. The summed E-state index contributed by atoms with van der Waals surface area (Å²) < 4.78 is 17.4. The molecule has 0 unspecified atom stereocenters. The minimum atomic E-state index is -0.405. The molecule has 0 aromatic heterocycles. The fourth-order valence-corrected chi connectivity index (χ4v) is 4.10. The van der Waals surface area contributed by atoms with Crippen molar-refractivity contribution in [2.24, 2.45) is 11.8 Å². The van der Waals surface area contributed by atoms with Crippen molar-refractivity contribution < 1.29 is 19.0 Å². The predicted molar refractivity (Wildman–Crippen MR) is 79.1 cm³/mol. The molecule has 3 fully saturated rings. The predicted octanol–water partition coefficient (Wildman–Crippen LogP) is 2.51. The number of rotatable bonds is 4. The molecule has 3 rings (SSSR count). The third kappa shape index (κ3) is 2.37. The monoisotopic (exact) mass is 294 g/mol. The number of carbonyl (C=O) groups excluding carboxylic acids is 1. The van der Waals surface area contributed by atoms with Gasteiger partial charge in [0.05, 0.1) is 18.6 Å². The van der Waals surface area contributed by atoms with Crippen LogP contribution in [0, 0.1) is 11.8 Å². The van der Waals surface area contributed by atoms with E-state index in [9.17, 15) is 4.79 Å². The lowest BCUT2D eigenvalue weighted by Crippen LogP contribution is -2.55. The fraction of sp³-hybridized carbons (Fsp3) is 0.824. The van der Waals surface area contributed by atoms with Crippen LogP contribution in [0.15, 0.2) is 11.6 Å². The van der Waals surface area contributed by atoms with Crippen LogP contribution in [0.4, 0.5) is 0 Å². The molecular formula is C17H26O4. The van der Waals surface area contributed by atoms with Crippen molar-refractivity contribution in [3.8, 4) is 0 Å². The van der Waals surface area contributed by atoms with Crippen LogP contribution in [-0.2, 0) is 19.0 Å². The molecule has 4 nitrogen and oxygen atoms in total. The number of hydrogen-bond acceptors (Lipinski definition) is 4. The van der Waals surface area contributed by atoms with Gasteiger partial charge in [0.15, 0.2) is 5.78 Å². The molecule has 3 aliphatic rings. The standard InChI is InChI=1S/C17H26O4/c1-10(2)6-7-12-16(4,21-12)15-14(19-5)13(18)11(3)8-17(15)9-20-17/h6,11-12,14-15H,7-9H2,1-5H3/t11-,12+,14+,15+,16-,17-/m0/s1. The Hall–Kier alpha value is -0.710. The molecule has 118 valence electrons. The van der Waals surface area contributed by atoms with Crippen molar-refractivity contribution in [3.05, 3.63) is 11.6 Å². The van der Waals surface area contributed by atoms with Crippen molar-refractivity contribution in [2.75, 3.05) is 13.7 Å². The summed E-state index contributed by atoms with van der Waals surface area (Å²) in [5.41, 5.74) is 0.781. The smallest absolute Gasteiger partial charge is 0.164 e. The normalized spacial score (nSPS) is 48.3. The largest absolute Gasteiger partial charge is 0.373 e. The van der Waals surface area contributed by atoms with E-state index in [2.05, 4.69) is 26.8 Å². The minimum absolute atomic E-state index is 0.00674. The van der Waals surface area contributed by atoms with Crippen molar-refractivity contribution in [1.29, 1.82) is 0 Å². The molecule has 1 aliphatic carbocycles. The Labute approximate surface area is 126 Å². The molecular weight excluding hydrogens is 268 g/mol. The Bertz CT molecular complexity index is 475. The second-order valence-corrected chi connectivity index (χ2v) is 7.30. The topological polar surface area (TPSA) is 51.4 Å². The molecule has 2 aliphatic heterocycles. The van der Waals surface area contributed by atoms with E-state index < -0.39 is 6.10 Å². The van der Waals surface area contributed by atoms with Crippen LogP contribution in [0.3, 0.4) is 0 Å². The SMILES string of the molecule is CO[C@@H]1C(=O)[C@@H](C)C[C@]2(CO2)[C@H]1[C@@]1(C)O[C@@H]1CC=C(C)C.